The SMILES string of the molecule is CCNCc1ccc(-c2ccc(OC)nc2)cc1F. The third-order valence-corrected chi connectivity index (χ3v) is 2.90. The summed E-state index contributed by atoms with van der Waals surface area (Å²) in [6, 6.07) is 8.87. The number of aromatic nitrogens is 1. The second-order valence-corrected chi connectivity index (χ2v) is 4.18. The van der Waals surface area contributed by atoms with Crippen LogP contribution in [0.4, 0.5) is 4.39 Å². The summed E-state index contributed by atoms with van der Waals surface area (Å²) < 4.78 is 18.9. The van der Waals surface area contributed by atoms with E-state index in [0.717, 1.165) is 17.7 Å². The van der Waals surface area contributed by atoms with Crippen LogP contribution in [0.25, 0.3) is 11.1 Å². The summed E-state index contributed by atoms with van der Waals surface area (Å²) in [5.41, 5.74) is 2.36. The molecule has 0 saturated carbocycles. The molecular formula is C15H17FN2O. The topological polar surface area (TPSA) is 34.1 Å². The highest BCUT2D eigenvalue weighted by Gasteiger charge is 2.05. The summed E-state index contributed by atoms with van der Waals surface area (Å²) in [6.07, 6.45) is 1.68. The maximum Gasteiger partial charge on any atom is 0.212 e. The predicted octanol–water partition coefficient (Wildman–Crippen LogP) is 3.01. The molecule has 0 fully saturated rings. The fraction of sp³-hybridized carbons (Fsp3) is 0.267. The quantitative estimate of drug-likeness (QED) is 0.897. The van der Waals surface area contributed by atoms with Gasteiger partial charge in [-0.05, 0) is 24.2 Å². The fourth-order valence-electron chi connectivity index (χ4n) is 1.80. The average molecular weight is 260 g/mol. The number of pyridine rings is 1. The Labute approximate surface area is 112 Å². The molecule has 0 aliphatic heterocycles. The molecule has 0 radical (unpaired) electrons. The fourth-order valence-corrected chi connectivity index (χ4v) is 1.80. The van der Waals surface area contributed by atoms with Gasteiger partial charge in [0.05, 0.1) is 7.11 Å². The molecule has 1 aromatic carbocycles. The summed E-state index contributed by atoms with van der Waals surface area (Å²) >= 11 is 0. The summed E-state index contributed by atoms with van der Waals surface area (Å²) in [5.74, 6) is 0.349. The molecule has 0 unspecified atom stereocenters. The molecule has 3 nitrogen and oxygen atoms in total. The number of hydrogen-bond acceptors (Lipinski definition) is 3. The van der Waals surface area contributed by atoms with Crippen molar-refractivity contribution in [3.8, 4) is 17.0 Å². The molecule has 1 heterocycles. The Balaban J connectivity index is 2.22. The largest absolute Gasteiger partial charge is 0.481 e. The highest BCUT2D eigenvalue weighted by Crippen LogP contribution is 2.22. The zero-order chi connectivity index (χ0) is 13.7. The second kappa shape index (κ2) is 6.29. The van der Waals surface area contributed by atoms with Crippen LogP contribution >= 0.6 is 0 Å². The van der Waals surface area contributed by atoms with E-state index in [4.69, 9.17) is 4.74 Å². The van der Waals surface area contributed by atoms with Crippen LogP contribution < -0.4 is 10.1 Å². The molecule has 2 aromatic rings. The normalized spacial score (nSPS) is 10.5. The number of halogens is 1. The Morgan fingerprint density at radius 2 is 2.00 bits per heavy atom. The minimum absolute atomic E-state index is 0.200. The molecule has 1 N–H and O–H groups in total. The van der Waals surface area contributed by atoms with Crippen molar-refractivity contribution in [1.29, 1.82) is 0 Å². The summed E-state index contributed by atoms with van der Waals surface area (Å²) in [5, 5.41) is 3.11. The van der Waals surface area contributed by atoms with Gasteiger partial charge < -0.3 is 10.1 Å². The van der Waals surface area contributed by atoms with Gasteiger partial charge >= 0.3 is 0 Å². The van der Waals surface area contributed by atoms with Crippen LogP contribution in [0, 0.1) is 5.82 Å². The molecule has 0 spiro atoms. The molecule has 100 valence electrons. The van der Waals surface area contributed by atoms with E-state index in [-0.39, 0.29) is 5.82 Å². The Kier molecular flexibility index (Phi) is 4.47. The Hall–Kier alpha value is -1.94. The predicted molar refractivity (Wildman–Crippen MR) is 73.6 cm³/mol. The van der Waals surface area contributed by atoms with Crippen LogP contribution in [-0.2, 0) is 6.54 Å². The molecule has 0 bridgehead atoms. The maximum absolute atomic E-state index is 13.9. The van der Waals surface area contributed by atoms with Gasteiger partial charge in [0.2, 0.25) is 5.88 Å². The van der Waals surface area contributed by atoms with E-state index in [1.54, 1.807) is 25.4 Å². The standard InChI is InChI=1S/C15H17FN2O/c1-3-17-9-13-5-4-11(8-14(13)16)12-6-7-15(19-2)18-10-12/h4-8,10,17H,3,9H2,1-2H3. The van der Waals surface area contributed by atoms with Gasteiger partial charge in [0, 0.05) is 29.9 Å². The number of benzene rings is 1. The third-order valence-electron chi connectivity index (χ3n) is 2.90. The number of rotatable bonds is 5. The van der Waals surface area contributed by atoms with Crippen LogP contribution in [0.1, 0.15) is 12.5 Å². The summed E-state index contributed by atoms with van der Waals surface area (Å²) in [7, 11) is 1.57. The first-order valence-electron chi connectivity index (χ1n) is 6.24. The first-order chi connectivity index (χ1) is 9.24. The van der Waals surface area contributed by atoms with Crippen molar-refractivity contribution < 1.29 is 9.13 Å². The van der Waals surface area contributed by atoms with Crippen LogP contribution in [0.5, 0.6) is 5.88 Å². The van der Waals surface area contributed by atoms with E-state index in [1.807, 2.05) is 19.1 Å². The van der Waals surface area contributed by atoms with Gasteiger partial charge in [0.1, 0.15) is 5.82 Å². The van der Waals surface area contributed by atoms with Crippen molar-refractivity contribution >= 4 is 0 Å². The molecule has 1 aromatic heterocycles. The van der Waals surface area contributed by atoms with E-state index in [9.17, 15) is 4.39 Å². The van der Waals surface area contributed by atoms with Crippen molar-refractivity contribution in [2.24, 2.45) is 0 Å². The van der Waals surface area contributed by atoms with Gasteiger partial charge in [0.25, 0.3) is 0 Å². The lowest BCUT2D eigenvalue weighted by atomic mass is 10.1. The monoisotopic (exact) mass is 260 g/mol. The van der Waals surface area contributed by atoms with Crippen molar-refractivity contribution in [3.05, 3.63) is 47.9 Å². The smallest absolute Gasteiger partial charge is 0.212 e. The number of hydrogen-bond donors (Lipinski definition) is 1. The second-order valence-electron chi connectivity index (χ2n) is 4.18. The molecular weight excluding hydrogens is 243 g/mol. The molecule has 0 aliphatic carbocycles. The molecule has 19 heavy (non-hydrogen) atoms. The van der Waals surface area contributed by atoms with Crippen molar-refractivity contribution in [3.63, 3.8) is 0 Å². The van der Waals surface area contributed by atoms with Gasteiger partial charge in [-0.1, -0.05) is 19.1 Å². The molecule has 4 heteroatoms. The Morgan fingerprint density at radius 1 is 1.21 bits per heavy atom. The van der Waals surface area contributed by atoms with Gasteiger partial charge in [-0.2, -0.15) is 0 Å². The zero-order valence-electron chi connectivity index (χ0n) is 11.1. The lowest BCUT2D eigenvalue weighted by Gasteiger charge is -2.07. The number of ether oxygens (including phenoxy) is 1. The Morgan fingerprint density at radius 3 is 2.58 bits per heavy atom. The number of nitrogens with one attached hydrogen (secondary N) is 1. The molecule has 0 amide bonds. The summed E-state index contributed by atoms with van der Waals surface area (Å²) in [6.45, 7) is 3.36. The first-order valence-corrected chi connectivity index (χ1v) is 6.24. The molecule has 2 rings (SSSR count). The van der Waals surface area contributed by atoms with Gasteiger partial charge in [0.15, 0.2) is 0 Å². The summed E-state index contributed by atoms with van der Waals surface area (Å²) in [4.78, 5) is 4.12. The van der Waals surface area contributed by atoms with E-state index < -0.39 is 0 Å². The molecule has 0 aliphatic rings. The number of nitrogens with zero attached hydrogens (tertiary/aromatic N) is 1. The van der Waals surface area contributed by atoms with Crippen molar-refractivity contribution in [2.75, 3.05) is 13.7 Å². The van der Waals surface area contributed by atoms with Gasteiger partial charge in [-0.3, -0.25) is 0 Å². The van der Waals surface area contributed by atoms with E-state index >= 15 is 0 Å². The van der Waals surface area contributed by atoms with E-state index in [1.165, 1.54) is 6.07 Å². The van der Waals surface area contributed by atoms with Gasteiger partial charge in [-0.15, -0.1) is 0 Å². The van der Waals surface area contributed by atoms with Crippen LogP contribution in [0.15, 0.2) is 36.5 Å². The lowest BCUT2D eigenvalue weighted by molar-refractivity contribution is 0.398. The van der Waals surface area contributed by atoms with E-state index in [0.29, 0.717) is 18.0 Å². The number of methoxy groups -OCH3 is 1. The van der Waals surface area contributed by atoms with Crippen LogP contribution in [0.3, 0.4) is 0 Å². The molecule has 0 saturated heterocycles. The minimum atomic E-state index is -0.200. The van der Waals surface area contributed by atoms with Gasteiger partial charge in [-0.25, -0.2) is 9.37 Å². The highest BCUT2D eigenvalue weighted by atomic mass is 19.1. The average Bonchev–Trinajstić information content (AvgIpc) is 2.46. The minimum Gasteiger partial charge on any atom is -0.481 e. The maximum atomic E-state index is 13.9. The highest BCUT2D eigenvalue weighted by molar-refractivity contribution is 5.63. The van der Waals surface area contributed by atoms with Crippen molar-refractivity contribution in [2.45, 2.75) is 13.5 Å². The first kappa shape index (κ1) is 13.5. The van der Waals surface area contributed by atoms with Crippen LogP contribution in [-0.4, -0.2) is 18.6 Å². The molecule has 0 atom stereocenters. The van der Waals surface area contributed by atoms with E-state index in [2.05, 4.69) is 10.3 Å². The van der Waals surface area contributed by atoms with Crippen LogP contribution in [0.2, 0.25) is 0 Å². The lowest BCUT2D eigenvalue weighted by Crippen LogP contribution is -2.12. The Bertz CT molecular complexity index is 540. The third kappa shape index (κ3) is 3.29. The zero-order valence-corrected chi connectivity index (χ0v) is 11.1. The van der Waals surface area contributed by atoms with Crippen molar-refractivity contribution in [1.82, 2.24) is 10.3 Å².